The zero-order valence-corrected chi connectivity index (χ0v) is 24.3. The fourth-order valence-electron chi connectivity index (χ4n) is 5.54. The standard InChI is InChI=1S/C30H41N3O5S/c1-5-6-17-33-28(34)27(20-22(2)3)31-29(35)30(33)15-18-32(19-16-30)21-23-7-9-24(10-8-23)38-25-11-13-26(14-12-25)39(4,36)37/h7-14,22,27H,5-6,15-21H2,1-4H3,(H,31,35). The van der Waals surface area contributed by atoms with Crippen LogP contribution in [0, 0.1) is 5.92 Å². The normalized spacial score (nSPS) is 19.9. The molecule has 8 nitrogen and oxygen atoms in total. The fourth-order valence-corrected chi connectivity index (χ4v) is 6.17. The summed E-state index contributed by atoms with van der Waals surface area (Å²) in [6.45, 7) is 9.13. The molecule has 2 heterocycles. The molecule has 4 rings (SSSR count). The van der Waals surface area contributed by atoms with Crippen LogP contribution in [0.3, 0.4) is 0 Å². The van der Waals surface area contributed by atoms with Crippen LogP contribution in [0.25, 0.3) is 0 Å². The Morgan fingerprint density at radius 2 is 1.59 bits per heavy atom. The lowest BCUT2D eigenvalue weighted by atomic mass is 9.80. The lowest BCUT2D eigenvalue weighted by molar-refractivity contribution is -0.161. The van der Waals surface area contributed by atoms with Crippen molar-refractivity contribution in [1.82, 2.24) is 15.1 Å². The molecule has 0 aliphatic carbocycles. The molecule has 2 amide bonds. The number of piperidine rings is 1. The molecule has 1 atom stereocenters. The minimum Gasteiger partial charge on any atom is -0.457 e. The smallest absolute Gasteiger partial charge is 0.246 e. The SMILES string of the molecule is CCCCN1C(=O)C(CC(C)C)NC(=O)C12CCN(Cc1ccc(Oc3ccc(S(C)(=O)=O)cc3)cc1)CC2. The third kappa shape index (κ3) is 6.81. The molecule has 9 heteroatoms. The number of unbranched alkanes of at least 4 members (excludes halogenated alkanes) is 1. The number of ether oxygens (including phenoxy) is 1. The molecule has 0 saturated carbocycles. The van der Waals surface area contributed by atoms with Crippen LogP contribution in [-0.2, 0) is 26.0 Å². The van der Waals surface area contributed by atoms with Crippen LogP contribution in [0.15, 0.2) is 53.4 Å². The molecule has 2 aliphatic rings. The first-order valence-corrected chi connectivity index (χ1v) is 15.8. The molecule has 1 unspecified atom stereocenters. The number of hydrogen-bond acceptors (Lipinski definition) is 6. The monoisotopic (exact) mass is 555 g/mol. The molecule has 212 valence electrons. The molecule has 0 radical (unpaired) electrons. The maximum Gasteiger partial charge on any atom is 0.246 e. The van der Waals surface area contributed by atoms with Gasteiger partial charge in [-0.1, -0.05) is 39.3 Å². The summed E-state index contributed by atoms with van der Waals surface area (Å²) >= 11 is 0. The largest absolute Gasteiger partial charge is 0.457 e. The van der Waals surface area contributed by atoms with Gasteiger partial charge in [0.25, 0.3) is 0 Å². The van der Waals surface area contributed by atoms with Gasteiger partial charge in [-0.2, -0.15) is 0 Å². The van der Waals surface area contributed by atoms with E-state index in [1.165, 1.54) is 18.4 Å². The van der Waals surface area contributed by atoms with Crippen molar-refractivity contribution in [1.29, 1.82) is 0 Å². The number of carbonyl (C=O) groups excluding carboxylic acids is 2. The topological polar surface area (TPSA) is 96.0 Å². The molecular formula is C30H41N3O5S. The van der Waals surface area contributed by atoms with Crippen molar-refractivity contribution in [3.63, 3.8) is 0 Å². The summed E-state index contributed by atoms with van der Waals surface area (Å²) in [6, 6.07) is 13.8. The summed E-state index contributed by atoms with van der Waals surface area (Å²) in [5.41, 5.74) is 0.385. The van der Waals surface area contributed by atoms with Crippen LogP contribution < -0.4 is 10.1 Å². The zero-order chi connectivity index (χ0) is 28.2. The van der Waals surface area contributed by atoms with E-state index in [-0.39, 0.29) is 16.7 Å². The molecule has 0 aromatic heterocycles. The highest BCUT2D eigenvalue weighted by Crippen LogP contribution is 2.35. The van der Waals surface area contributed by atoms with Crippen LogP contribution in [-0.4, -0.2) is 67.5 Å². The predicted molar refractivity (Wildman–Crippen MR) is 151 cm³/mol. The Bertz CT molecular complexity index is 1250. The first kappa shape index (κ1) is 29.1. The number of benzene rings is 2. The Kier molecular flexibility index (Phi) is 9.01. The third-order valence-electron chi connectivity index (χ3n) is 7.75. The highest BCUT2D eigenvalue weighted by molar-refractivity contribution is 7.90. The molecule has 2 aromatic carbocycles. The number of amides is 2. The second-order valence-electron chi connectivity index (χ2n) is 11.3. The summed E-state index contributed by atoms with van der Waals surface area (Å²) in [6.07, 6.45) is 4.99. The van der Waals surface area contributed by atoms with E-state index in [9.17, 15) is 18.0 Å². The molecule has 2 aromatic rings. The second kappa shape index (κ2) is 12.1. The summed E-state index contributed by atoms with van der Waals surface area (Å²) < 4.78 is 29.2. The van der Waals surface area contributed by atoms with E-state index in [1.807, 2.05) is 29.2 Å². The average molecular weight is 556 g/mol. The van der Waals surface area contributed by atoms with Gasteiger partial charge in [-0.3, -0.25) is 14.5 Å². The fraction of sp³-hybridized carbons (Fsp3) is 0.533. The number of likely N-dealkylation sites (tertiary alicyclic amines) is 1. The van der Waals surface area contributed by atoms with Crippen LogP contribution in [0.5, 0.6) is 11.5 Å². The lowest BCUT2D eigenvalue weighted by Gasteiger charge is -2.52. The van der Waals surface area contributed by atoms with Gasteiger partial charge >= 0.3 is 0 Å². The first-order valence-electron chi connectivity index (χ1n) is 13.9. The Labute approximate surface area is 232 Å². The Morgan fingerprint density at radius 1 is 1.00 bits per heavy atom. The molecule has 39 heavy (non-hydrogen) atoms. The van der Waals surface area contributed by atoms with E-state index < -0.39 is 21.4 Å². The molecule has 2 saturated heterocycles. The van der Waals surface area contributed by atoms with E-state index in [4.69, 9.17) is 4.74 Å². The van der Waals surface area contributed by atoms with E-state index in [0.717, 1.165) is 38.0 Å². The Morgan fingerprint density at radius 3 is 2.13 bits per heavy atom. The number of rotatable bonds is 10. The van der Waals surface area contributed by atoms with E-state index in [2.05, 4.69) is 31.0 Å². The molecule has 2 fully saturated rings. The average Bonchev–Trinajstić information content (AvgIpc) is 2.89. The van der Waals surface area contributed by atoms with Gasteiger partial charge in [0.15, 0.2) is 9.84 Å². The molecule has 2 aliphatic heterocycles. The maximum absolute atomic E-state index is 13.4. The zero-order valence-electron chi connectivity index (χ0n) is 23.5. The van der Waals surface area contributed by atoms with Crippen LogP contribution >= 0.6 is 0 Å². The van der Waals surface area contributed by atoms with Crippen molar-refractivity contribution in [2.45, 2.75) is 75.9 Å². The van der Waals surface area contributed by atoms with Crippen molar-refractivity contribution in [3.8, 4) is 11.5 Å². The third-order valence-corrected chi connectivity index (χ3v) is 8.88. The van der Waals surface area contributed by atoms with Gasteiger partial charge in [-0.05, 0) is 73.6 Å². The molecule has 1 N–H and O–H groups in total. The number of hydrogen-bond donors (Lipinski definition) is 1. The summed E-state index contributed by atoms with van der Waals surface area (Å²) in [5, 5.41) is 3.07. The maximum atomic E-state index is 13.4. The van der Waals surface area contributed by atoms with Crippen molar-refractivity contribution in [3.05, 3.63) is 54.1 Å². The van der Waals surface area contributed by atoms with Gasteiger partial charge < -0.3 is 15.0 Å². The highest BCUT2D eigenvalue weighted by atomic mass is 32.2. The summed E-state index contributed by atoms with van der Waals surface area (Å²) in [4.78, 5) is 31.4. The number of piperazine rings is 1. The van der Waals surface area contributed by atoms with Crippen molar-refractivity contribution in [2.24, 2.45) is 5.92 Å². The minimum atomic E-state index is -3.24. The number of nitrogens with one attached hydrogen (secondary N) is 1. The summed E-state index contributed by atoms with van der Waals surface area (Å²) in [5.74, 6) is 1.66. The minimum absolute atomic E-state index is 0.00886. The second-order valence-corrected chi connectivity index (χ2v) is 13.3. The van der Waals surface area contributed by atoms with Crippen LogP contribution in [0.4, 0.5) is 0 Å². The Hall–Kier alpha value is -2.91. The van der Waals surface area contributed by atoms with Gasteiger partial charge in [-0.15, -0.1) is 0 Å². The van der Waals surface area contributed by atoms with E-state index in [0.29, 0.717) is 43.2 Å². The molecule has 1 spiro atoms. The predicted octanol–water partition coefficient (Wildman–Crippen LogP) is 4.39. The van der Waals surface area contributed by atoms with Gasteiger partial charge in [-0.25, -0.2) is 8.42 Å². The quantitative estimate of drug-likeness (QED) is 0.467. The summed E-state index contributed by atoms with van der Waals surface area (Å²) in [7, 11) is -3.24. The van der Waals surface area contributed by atoms with Crippen LogP contribution in [0.1, 0.15) is 58.4 Å². The van der Waals surface area contributed by atoms with Gasteiger partial charge in [0.2, 0.25) is 11.8 Å². The molecule has 0 bridgehead atoms. The van der Waals surface area contributed by atoms with Gasteiger partial charge in [0.1, 0.15) is 23.1 Å². The van der Waals surface area contributed by atoms with Gasteiger partial charge in [0, 0.05) is 32.4 Å². The Balaban J connectivity index is 1.36. The highest BCUT2D eigenvalue weighted by Gasteiger charge is 2.53. The number of carbonyl (C=O) groups is 2. The van der Waals surface area contributed by atoms with Gasteiger partial charge in [0.05, 0.1) is 4.90 Å². The number of nitrogens with zero attached hydrogens (tertiary/aromatic N) is 2. The van der Waals surface area contributed by atoms with E-state index >= 15 is 0 Å². The van der Waals surface area contributed by atoms with Crippen molar-refractivity contribution >= 4 is 21.7 Å². The number of sulfone groups is 1. The van der Waals surface area contributed by atoms with Crippen molar-refractivity contribution < 1.29 is 22.7 Å². The first-order chi connectivity index (χ1) is 18.5. The van der Waals surface area contributed by atoms with Crippen molar-refractivity contribution in [2.75, 3.05) is 25.9 Å². The van der Waals surface area contributed by atoms with Crippen LogP contribution in [0.2, 0.25) is 0 Å². The molecular weight excluding hydrogens is 514 g/mol. The van der Waals surface area contributed by atoms with E-state index in [1.54, 1.807) is 12.1 Å². The lowest BCUT2D eigenvalue weighted by Crippen LogP contribution is -2.73.